The molecular formula is C16H31BrN4. The molecule has 1 unspecified atom stereocenters. The molecule has 4 nitrogen and oxygen atoms in total. The maximum atomic E-state index is 4.07. The molecule has 0 radical (unpaired) electrons. The fourth-order valence-electron chi connectivity index (χ4n) is 2.79. The summed E-state index contributed by atoms with van der Waals surface area (Å²) in [6, 6.07) is 0.337. The molecule has 5 heteroatoms. The Kier molecular flexibility index (Phi) is 9.92. The third-order valence-corrected chi connectivity index (χ3v) is 4.67. The van der Waals surface area contributed by atoms with Crippen LogP contribution in [0.15, 0.2) is 4.60 Å². The van der Waals surface area contributed by atoms with E-state index >= 15 is 0 Å². The number of hydrogen-bond acceptors (Lipinski definition) is 3. The molecule has 0 saturated carbocycles. The van der Waals surface area contributed by atoms with Gasteiger partial charge in [-0.3, -0.25) is 0 Å². The number of hydrogen-bond donors (Lipinski definition) is 1. The topological polar surface area (TPSA) is 42.7 Å². The minimum atomic E-state index is 0.337. The molecule has 0 amide bonds. The summed E-state index contributed by atoms with van der Waals surface area (Å²) in [5.41, 5.74) is 1.15. The zero-order valence-corrected chi connectivity index (χ0v) is 15.5. The monoisotopic (exact) mass is 358 g/mol. The van der Waals surface area contributed by atoms with Gasteiger partial charge in [-0.25, -0.2) is 4.68 Å². The first-order valence-electron chi connectivity index (χ1n) is 8.43. The van der Waals surface area contributed by atoms with Crippen molar-refractivity contribution in [3.63, 3.8) is 0 Å². The molecule has 0 aliphatic carbocycles. The van der Waals surface area contributed by atoms with E-state index in [1.165, 1.54) is 57.8 Å². The summed E-state index contributed by atoms with van der Waals surface area (Å²) in [6.45, 7) is 2.27. The van der Waals surface area contributed by atoms with E-state index < -0.39 is 0 Å². The predicted octanol–water partition coefficient (Wildman–Crippen LogP) is 4.76. The number of rotatable bonds is 12. The minimum Gasteiger partial charge on any atom is -0.312 e. The van der Waals surface area contributed by atoms with Crippen LogP contribution in [0.25, 0.3) is 0 Å². The molecule has 0 bridgehead atoms. The molecule has 0 aliphatic heterocycles. The lowest BCUT2D eigenvalue weighted by atomic mass is 10.0. The van der Waals surface area contributed by atoms with Gasteiger partial charge in [0.25, 0.3) is 0 Å². The molecule has 0 aromatic carbocycles. The van der Waals surface area contributed by atoms with Crippen molar-refractivity contribution in [3.8, 4) is 0 Å². The summed E-state index contributed by atoms with van der Waals surface area (Å²) in [7, 11) is 3.96. The molecular weight excluding hydrogens is 328 g/mol. The minimum absolute atomic E-state index is 0.337. The van der Waals surface area contributed by atoms with E-state index in [2.05, 4.69) is 38.5 Å². The van der Waals surface area contributed by atoms with Gasteiger partial charge in [0.2, 0.25) is 0 Å². The van der Waals surface area contributed by atoms with Crippen LogP contribution in [0.2, 0.25) is 0 Å². The van der Waals surface area contributed by atoms with Crippen molar-refractivity contribution in [2.75, 3.05) is 7.05 Å². The van der Waals surface area contributed by atoms with Crippen molar-refractivity contribution in [2.45, 2.75) is 77.2 Å². The standard InChI is InChI=1S/C16H31BrN4/c1-4-5-6-7-8-9-10-11-12-13-14(18-2)15-16(17)19-20-21(15)3/h14,18H,4-13H2,1-3H3. The molecule has 1 atom stereocenters. The van der Waals surface area contributed by atoms with Gasteiger partial charge in [0.15, 0.2) is 4.60 Å². The zero-order chi connectivity index (χ0) is 15.5. The van der Waals surface area contributed by atoms with Crippen molar-refractivity contribution < 1.29 is 0 Å². The van der Waals surface area contributed by atoms with E-state index in [1.807, 2.05) is 18.8 Å². The Morgan fingerprint density at radius 2 is 1.62 bits per heavy atom. The first kappa shape index (κ1) is 18.6. The van der Waals surface area contributed by atoms with Crippen LogP contribution in [0.5, 0.6) is 0 Å². The summed E-state index contributed by atoms with van der Waals surface area (Å²) >= 11 is 3.49. The van der Waals surface area contributed by atoms with Crippen molar-refractivity contribution in [2.24, 2.45) is 7.05 Å². The van der Waals surface area contributed by atoms with E-state index in [0.29, 0.717) is 6.04 Å². The van der Waals surface area contributed by atoms with Gasteiger partial charge >= 0.3 is 0 Å². The van der Waals surface area contributed by atoms with E-state index in [1.54, 1.807) is 0 Å². The molecule has 1 heterocycles. The number of aromatic nitrogens is 3. The van der Waals surface area contributed by atoms with Gasteiger partial charge in [0.05, 0.1) is 11.7 Å². The van der Waals surface area contributed by atoms with Crippen LogP contribution in [0.1, 0.15) is 82.9 Å². The fraction of sp³-hybridized carbons (Fsp3) is 0.875. The average molecular weight is 359 g/mol. The third-order valence-electron chi connectivity index (χ3n) is 4.10. The first-order chi connectivity index (χ1) is 10.2. The van der Waals surface area contributed by atoms with Crippen molar-refractivity contribution in [3.05, 3.63) is 10.3 Å². The summed E-state index contributed by atoms with van der Waals surface area (Å²) in [5, 5.41) is 11.5. The number of halogens is 1. The maximum Gasteiger partial charge on any atom is 0.153 e. The Hall–Kier alpha value is -0.420. The smallest absolute Gasteiger partial charge is 0.153 e. The Bertz CT molecular complexity index is 359. The highest BCUT2D eigenvalue weighted by molar-refractivity contribution is 9.10. The van der Waals surface area contributed by atoms with Crippen LogP contribution in [-0.4, -0.2) is 22.0 Å². The normalized spacial score (nSPS) is 12.8. The van der Waals surface area contributed by atoms with Gasteiger partial charge in [-0.05, 0) is 29.4 Å². The lowest BCUT2D eigenvalue weighted by molar-refractivity contribution is 0.467. The zero-order valence-electron chi connectivity index (χ0n) is 13.9. The van der Waals surface area contributed by atoms with Gasteiger partial charge in [-0.2, -0.15) is 0 Å². The molecule has 1 aromatic rings. The second kappa shape index (κ2) is 11.2. The second-order valence-electron chi connectivity index (χ2n) is 5.85. The molecule has 0 saturated heterocycles. The summed E-state index contributed by atoms with van der Waals surface area (Å²) in [5.74, 6) is 0. The number of unbranched alkanes of at least 4 members (excludes halogenated alkanes) is 8. The highest BCUT2D eigenvalue weighted by atomic mass is 79.9. The molecule has 1 N–H and O–H groups in total. The molecule has 0 fully saturated rings. The van der Waals surface area contributed by atoms with Crippen LogP contribution >= 0.6 is 15.9 Å². The highest BCUT2D eigenvalue weighted by Crippen LogP contribution is 2.25. The lowest BCUT2D eigenvalue weighted by Gasteiger charge is -2.16. The van der Waals surface area contributed by atoms with Crippen molar-refractivity contribution in [1.82, 2.24) is 20.3 Å². The van der Waals surface area contributed by atoms with E-state index in [-0.39, 0.29) is 0 Å². The van der Waals surface area contributed by atoms with Gasteiger partial charge < -0.3 is 5.32 Å². The Morgan fingerprint density at radius 3 is 2.10 bits per heavy atom. The quantitative estimate of drug-likeness (QED) is 0.547. The molecule has 21 heavy (non-hydrogen) atoms. The Morgan fingerprint density at radius 1 is 1.05 bits per heavy atom. The summed E-state index contributed by atoms with van der Waals surface area (Å²) < 4.78 is 2.72. The van der Waals surface area contributed by atoms with Crippen molar-refractivity contribution >= 4 is 15.9 Å². The van der Waals surface area contributed by atoms with Gasteiger partial charge in [-0.1, -0.05) is 69.9 Å². The van der Waals surface area contributed by atoms with Gasteiger partial charge in [0.1, 0.15) is 0 Å². The second-order valence-corrected chi connectivity index (χ2v) is 6.60. The molecule has 122 valence electrons. The van der Waals surface area contributed by atoms with E-state index in [0.717, 1.165) is 16.7 Å². The van der Waals surface area contributed by atoms with Gasteiger partial charge in [0, 0.05) is 7.05 Å². The fourth-order valence-corrected chi connectivity index (χ4v) is 3.39. The number of nitrogens with one attached hydrogen (secondary N) is 1. The maximum absolute atomic E-state index is 4.07. The van der Waals surface area contributed by atoms with Crippen LogP contribution in [0, 0.1) is 0 Å². The van der Waals surface area contributed by atoms with Crippen LogP contribution < -0.4 is 5.32 Å². The van der Waals surface area contributed by atoms with Crippen LogP contribution in [0.3, 0.4) is 0 Å². The molecule has 1 rings (SSSR count). The van der Waals surface area contributed by atoms with Gasteiger partial charge in [-0.15, -0.1) is 5.10 Å². The Balaban J connectivity index is 2.13. The van der Waals surface area contributed by atoms with E-state index in [9.17, 15) is 0 Å². The third kappa shape index (κ3) is 6.92. The molecule has 1 aromatic heterocycles. The number of nitrogens with zero attached hydrogens (tertiary/aromatic N) is 3. The largest absolute Gasteiger partial charge is 0.312 e. The van der Waals surface area contributed by atoms with E-state index in [4.69, 9.17) is 0 Å². The SMILES string of the molecule is CCCCCCCCCCCC(NC)c1c(Br)nnn1C. The summed E-state index contributed by atoms with van der Waals surface area (Å²) in [6.07, 6.45) is 13.5. The first-order valence-corrected chi connectivity index (χ1v) is 9.22. The summed E-state index contributed by atoms with van der Waals surface area (Å²) in [4.78, 5) is 0. The van der Waals surface area contributed by atoms with Crippen LogP contribution in [-0.2, 0) is 7.05 Å². The Labute approximate surface area is 138 Å². The van der Waals surface area contributed by atoms with Crippen molar-refractivity contribution in [1.29, 1.82) is 0 Å². The number of aryl methyl sites for hydroxylation is 1. The molecule has 0 aliphatic rings. The van der Waals surface area contributed by atoms with Crippen LogP contribution in [0.4, 0.5) is 0 Å². The molecule has 0 spiro atoms. The average Bonchev–Trinajstić information content (AvgIpc) is 2.81. The predicted molar refractivity (Wildman–Crippen MR) is 92.3 cm³/mol. The lowest BCUT2D eigenvalue weighted by Crippen LogP contribution is -2.19. The highest BCUT2D eigenvalue weighted by Gasteiger charge is 2.17.